The van der Waals surface area contributed by atoms with Crippen molar-refractivity contribution < 1.29 is 13.2 Å². The number of sulfonamides is 1. The molecular formula is C12H21N3O3S. The van der Waals surface area contributed by atoms with E-state index in [1.54, 1.807) is 18.3 Å². The van der Waals surface area contributed by atoms with Gasteiger partial charge in [-0.25, -0.2) is 13.4 Å². The summed E-state index contributed by atoms with van der Waals surface area (Å²) in [5.41, 5.74) is 1.11. The SMILES string of the molecule is CCS(=O)(=O)N1CCn2c(CCOC)cnc2C1C. The highest BCUT2D eigenvalue weighted by Crippen LogP contribution is 2.28. The zero-order chi connectivity index (χ0) is 14.0. The van der Waals surface area contributed by atoms with Crippen molar-refractivity contribution in [2.75, 3.05) is 26.0 Å². The average molecular weight is 287 g/mol. The molecule has 0 saturated heterocycles. The lowest BCUT2D eigenvalue weighted by Gasteiger charge is -2.33. The smallest absolute Gasteiger partial charge is 0.214 e. The second-order valence-corrected chi connectivity index (χ2v) is 6.90. The van der Waals surface area contributed by atoms with Gasteiger partial charge in [-0.2, -0.15) is 4.31 Å². The minimum atomic E-state index is -3.17. The van der Waals surface area contributed by atoms with E-state index in [0.29, 0.717) is 19.7 Å². The number of hydrogen-bond donors (Lipinski definition) is 0. The standard InChI is InChI=1S/C12H21N3O3S/c1-4-19(16,17)15-7-6-14-11(5-8-18-3)9-13-12(14)10(15)2/h9-10H,4-8H2,1-3H3. The lowest BCUT2D eigenvalue weighted by Crippen LogP contribution is -2.42. The molecule has 1 aromatic rings. The molecule has 0 saturated carbocycles. The number of ether oxygens (including phenoxy) is 1. The first-order valence-electron chi connectivity index (χ1n) is 6.54. The first-order chi connectivity index (χ1) is 9.01. The maximum absolute atomic E-state index is 12.0. The van der Waals surface area contributed by atoms with E-state index in [0.717, 1.165) is 17.9 Å². The second-order valence-electron chi connectivity index (χ2n) is 4.69. The van der Waals surface area contributed by atoms with E-state index in [9.17, 15) is 8.42 Å². The lowest BCUT2D eigenvalue weighted by molar-refractivity contribution is 0.199. The Morgan fingerprint density at radius 3 is 2.84 bits per heavy atom. The van der Waals surface area contributed by atoms with Crippen molar-refractivity contribution >= 4 is 10.0 Å². The van der Waals surface area contributed by atoms with Gasteiger partial charge in [-0.1, -0.05) is 0 Å². The van der Waals surface area contributed by atoms with Crippen molar-refractivity contribution in [3.05, 3.63) is 17.7 Å². The topological polar surface area (TPSA) is 64.4 Å². The third-order valence-corrected chi connectivity index (χ3v) is 5.55. The number of rotatable bonds is 5. The van der Waals surface area contributed by atoms with Crippen molar-refractivity contribution in [3.8, 4) is 0 Å². The highest BCUT2D eigenvalue weighted by atomic mass is 32.2. The average Bonchev–Trinajstić information content (AvgIpc) is 2.80. The Morgan fingerprint density at radius 2 is 2.21 bits per heavy atom. The van der Waals surface area contributed by atoms with Gasteiger partial charge >= 0.3 is 0 Å². The fraction of sp³-hybridized carbons (Fsp3) is 0.750. The largest absolute Gasteiger partial charge is 0.384 e. The molecule has 0 aliphatic carbocycles. The third-order valence-electron chi connectivity index (χ3n) is 3.60. The summed E-state index contributed by atoms with van der Waals surface area (Å²) in [4.78, 5) is 4.39. The Labute approximate surface area is 114 Å². The van der Waals surface area contributed by atoms with Crippen LogP contribution in [0.4, 0.5) is 0 Å². The summed E-state index contributed by atoms with van der Waals surface area (Å²) in [5, 5.41) is 0. The molecule has 1 unspecified atom stereocenters. The molecule has 1 atom stereocenters. The van der Waals surface area contributed by atoms with E-state index in [-0.39, 0.29) is 11.8 Å². The number of fused-ring (bicyclic) bond motifs is 1. The van der Waals surface area contributed by atoms with Crippen molar-refractivity contribution in [1.82, 2.24) is 13.9 Å². The van der Waals surface area contributed by atoms with Crippen LogP contribution >= 0.6 is 0 Å². The minimum absolute atomic E-state index is 0.134. The molecule has 108 valence electrons. The first-order valence-corrected chi connectivity index (χ1v) is 8.15. The van der Waals surface area contributed by atoms with Crippen LogP contribution in [0.25, 0.3) is 0 Å². The molecule has 6 nitrogen and oxygen atoms in total. The van der Waals surface area contributed by atoms with Gasteiger partial charge in [0.2, 0.25) is 10.0 Å². The Balaban J connectivity index is 2.26. The quantitative estimate of drug-likeness (QED) is 0.803. The van der Waals surface area contributed by atoms with Crippen LogP contribution < -0.4 is 0 Å². The molecule has 0 spiro atoms. The van der Waals surface area contributed by atoms with Crippen LogP contribution in [0.3, 0.4) is 0 Å². The maximum Gasteiger partial charge on any atom is 0.214 e. The minimum Gasteiger partial charge on any atom is -0.384 e. The Kier molecular flexibility index (Phi) is 4.27. The van der Waals surface area contributed by atoms with Gasteiger partial charge in [-0.05, 0) is 13.8 Å². The summed E-state index contributed by atoms with van der Waals surface area (Å²) >= 11 is 0. The molecule has 0 aromatic carbocycles. The molecular weight excluding hydrogens is 266 g/mol. The summed E-state index contributed by atoms with van der Waals surface area (Å²) < 4.78 is 32.8. The number of nitrogens with zero attached hydrogens (tertiary/aromatic N) is 3. The molecule has 0 bridgehead atoms. The molecule has 1 aliphatic rings. The van der Waals surface area contributed by atoms with Crippen LogP contribution in [0.15, 0.2) is 6.20 Å². The van der Waals surface area contributed by atoms with E-state index in [4.69, 9.17) is 4.74 Å². The molecule has 0 N–H and O–H groups in total. The predicted octanol–water partition coefficient (Wildman–Crippen LogP) is 0.798. The van der Waals surface area contributed by atoms with Gasteiger partial charge in [0, 0.05) is 38.5 Å². The third kappa shape index (κ3) is 2.68. The van der Waals surface area contributed by atoms with Gasteiger partial charge in [-0.15, -0.1) is 0 Å². The highest BCUT2D eigenvalue weighted by molar-refractivity contribution is 7.89. The summed E-state index contributed by atoms with van der Waals surface area (Å²) in [6.45, 7) is 5.40. The summed E-state index contributed by atoms with van der Waals surface area (Å²) in [5.74, 6) is 0.962. The molecule has 0 radical (unpaired) electrons. The van der Waals surface area contributed by atoms with Crippen LogP contribution in [0.5, 0.6) is 0 Å². The summed E-state index contributed by atoms with van der Waals surface area (Å²) in [6, 6.07) is -0.199. The number of methoxy groups -OCH3 is 1. The molecule has 1 aliphatic heterocycles. The van der Waals surface area contributed by atoms with E-state index in [2.05, 4.69) is 9.55 Å². The van der Waals surface area contributed by atoms with Gasteiger partial charge in [0.15, 0.2) is 0 Å². The zero-order valence-electron chi connectivity index (χ0n) is 11.7. The Hall–Kier alpha value is -0.920. The van der Waals surface area contributed by atoms with Gasteiger partial charge < -0.3 is 9.30 Å². The van der Waals surface area contributed by atoms with Crippen molar-refractivity contribution in [2.24, 2.45) is 0 Å². The predicted molar refractivity (Wildman–Crippen MR) is 72.4 cm³/mol. The Bertz CT molecular complexity index is 538. The van der Waals surface area contributed by atoms with Crippen LogP contribution in [0.2, 0.25) is 0 Å². The molecule has 19 heavy (non-hydrogen) atoms. The van der Waals surface area contributed by atoms with Crippen LogP contribution in [-0.4, -0.2) is 48.3 Å². The van der Waals surface area contributed by atoms with Crippen LogP contribution in [0, 0.1) is 0 Å². The second kappa shape index (κ2) is 5.60. The van der Waals surface area contributed by atoms with Crippen LogP contribution in [0.1, 0.15) is 31.4 Å². The molecule has 1 aromatic heterocycles. The summed E-state index contributed by atoms with van der Waals surface area (Å²) in [7, 11) is -1.49. The van der Waals surface area contributed by atoms with Crippen molar-refractivity contribution in [2.45, 2.75) is 32.9 Å². The molecule has 2 rings (SSSR count). The lowest BCUT2D eigenvalue weighted by atomic mass is 10.2. The zero-order valence-corrected chi connectivity index (χ0v) is 12.5. The van der Waals surface area contributed by atoms with Gasteiger partial charge in [0.05, 0.1) is 18.4 Å². The van der Waals surface area contributed by atoms with E-state index in [1.807, 2.05) is 13.1 Å². The van der Waals surface area contributed by atoms with Crippen LogP contribution in [-0.2, 0) is 27.7 Å². The van der Waals surface area contributed by atoms with Crippen molar-refractivity contribution in [3.63, 3.8) is 0 Å². The maximum atomic E-state index is 12.0. The van der Waals surface area contributed by atoms with E-state index in [1.165, 1.54) is 0 Å². The number of imidazole rings is 1. The highest BCUT2D eigenvalue weighted by Gasteiger charge is 2.33. The fourth-order valence-corrected chi connectivity index (χ4v) is 3.76. The van der Waals surface area contributed by atoms with Gasteiger partial charge in [0.25, 0.3) is 0 Å². The molecule has 7 heteroatoms. The molecule has 0 amide bonds. The van der Waals surface area contributed by atoms with Gasteiger partial charge in [-0.3, -0.25) is 0 Å². The molecule has 2 heterocycles. The normalized spacial score (nSPS) is 20.5. The first kappa shape index (κ1) is 14.5. The Morgan fingerprint density at radius 1 is 1.47 bits per heavy atom. The molecule has 0 fully saturated rings. The summed E-state index contributed by atoms with van der Waals surface area (Å²) in [6.07, 6.45) is 2.63. The fourth-order valence-electron chi connectivity index (χ4n) is 2.49. The monoisotopic (exact) mass is 287 g/mol. The van der Waals surface area contributed by atoms with E-state index >= 15 is 0 Å². The van der Waals surface area contributed by atoms with Gasteiger partial charge in [0.1, 0.15) is 5.82 Å². The number of hydrogen-bond acceptors (Lipinski definition) is 4. The number of aromatic nitrogens is 2. The van der Waals surface area contributed by atoms with Crippen molar-refractivity contribution in [1.29, 1.82) is 0 Å². The van der Waals surface area contributed by atoms with E-state index < -0.39 is 10.0 Å².